The van der Waals surface area contributed by atoms with E-state index in [-0.39, 0.29) is 6.04 Å². The SMILES string of the molecule is CNC(C#N)CCN(C)CC1CCCC1. The number of nitrogens with one attached hydrogen (secondary N) is 1. The lowest BCUT2D eigenvalue weighted by atomic mass is 10.1. The van der Waals surface area contributed by atoms with Crippen molar-refractivity contribution in [1.82, 2.24) is 10.2 Å². The molecule has 1 aliphatic carbocycles. The third-order valence-corrected chi connectivity index (χ3v) is 3.35. The maximum atomic E-state index is 8.79. The van der Waals surface area contributed by atoms with Gasteiger partial charge in [0.05, 0.1) is 12.1 Å². The molecule has 1 rings (SSSR count). The molecule has 0 bridgehead atoms. The Morgan fingerprint density at radius 1 is 1.47 bits per heavy atom. The fourth-order valence-corrected chi connectivity index (χ4v) is 2.35. The highest BCUT2D eigenvalue weighted by Crippen LogP contribution is 2.25. The van der Waals surface area contributed by atoms with Crippen LogP contribution in [0.4, 0.5) is 0 Å². The minimum Gasteiger partial charge on any atom is -0.306 e. The van der Waals surface area contributed by atoms with Crippen molar-refractivity contribution in [3.8, 4) is 6.07 Å². The van der Waals surface area contributed by atoms with E-state index >= 15 is 0 Å². The van der Waals surface area contributed by atoms with Gasteiger partial charge >= 0.3 is 0 Å². The fourth-order valence-electron chi connectivity index (χ4n) is 2.35. The molecule has 0 aliphatic heterocycles. The molecule has 0 amide bonds. The van der Waals surface area contributed by atoms with Crippen molar-refractivity contribution in [3.63, 3.8) is 0 Å². The quantitative estimate of drug-likeness (QED) is 0.722. The van der Waals surface area contributed by atoms with Gasteiger partial charge in [-0.05, 0) is 39.3 Å². The van der Waals surface area contributed by atoms with Crippen molar-refractivity contribution >= 4 is 0 Å². The van der Waals surface area contributed by atoms with Crippen molar-refractivity contribution in [2.24, 2.45) is 5.92 Å². The second-order valence-electron chi connectivity index (χ2n) is 4.67. The third-order valence-electron chi connectivity index (χ3n) is 3.35. The molecule has 3 heteroatoms. The van der Waals surface area contributed by atoms with Crippen LogP contribution in [0.1, 0.15) is 32.1 Å². The van der Waals surface area contributed by atoms with Crippen LogP contribution in [0.15, 0.2) is 0 Å². The van der Waals surface area contributed by atoms with E-state index in [1.54, 1.807) is 0 Å². The summed E-state index contributed by atoms with van der Waals surface area (Å²) in [6, 6.07) is 2.27. The van der Waals surface area contributed by atoms with Crippen LogP contribution >= 0.6 is 0 Å². The van der Waals surface area contributed by atoms with Crippen LogP contribution in [0, 0.1) is 17.2 Å². The van der Waals surface area contributed by atoms with Crippen LogP contribution < -0.4 is 5.32 Å². The predicted molar refractivity (Wildman–Crippen MR) is 62.5 cm³/mol. The summed E-state index contributed by atoms with van der Waals surface area (Å²) in [5.74, 6) is 0.908. The lowest BCUT2D eigenvalue weighted by Crippen LogP contribution is -2.31. The van der Waals surface area contributed by atoms with Crippen molar-refractivity contribution in [3.05, 3.63) is 0 Å². The molecule has 0 saturated heterocycles. The maximum absolute atomic E-state index is 8.79. The standard InChI is InChI=1S/C12H23N3/c1-14-12(9-13)7-8-15(2)10-11-5-3-4-6-11/h11-12,14H,3-8,10H2,1-2H3. The average Bonchev–Trinajstić information content (AvgIpc) is 2.72. The summed E-state index contributed by atoms with van der Waals surface area (Å²) < 4.78 is 0. The average molecular weight is 209 g/mol. The van der Waals surface area contributed by atoms with Crippen molar-refractivity contribution < 1.29 is 0 Å². The molecule has 0 heterocycles. The van der Waals surface area contributed by atoms with Crippen LogP contribution in [0.5, 0.6) is 0 Å². The van der Waals surface area contributed by atoms with Gasteiger partial charge in [0, 0.05) is 13.1 Å². The molecule has 0 radical (unpaired) electrons. The summed E-state index contributed by atoms with van der Waals surface area (Å²) in [4.78, 5) is 2.37. The second kappa shape index (κ2) is 6.81. The van der Waals surface area contributed by atoms with Gasteiger partial charge in [-0.2, -0.15) is 5.26 Å². The van der Waals surface area contributed by atoms with E-state index in [0.717, 1.165) is 18.9 Å². The number of hydrogen-bond donors (Lipinski definition) is 1. The third kappa shape index (κ3) is 4.63. The summed E-state index contributed by atoms with van der Waals surface area (Å²) in [5, 5.41) is 11.8. The molecule has 1 saturated carbocycles. The van der Waals surface area contributed by atoms with Gasteiger partial charge in [-0.15, -0.1) is 0 Å². The topological polar surface area (TPSA) is 39.1 Å². The molecular formula is C12H23N3. The predicted octanol–water partition coefficient (Wildman–Crippen LogP) is 1.61. The molecule has 3 nitrogen and oxygen atoms in total. The van der Waals surface area contributed by atoms with Crippen molar-refractivity contribution in [2.75, 3.05) is 27.2 Å². The van der Waals surface area contributed by atoms with Gasteiger partial charge in [0.25, 0.3) is 0 Å². The zero-order valence-electron chi connectivity index (χ0n) is 10.00. The highest BCUT2D eigenvalue weighted by molar-refractivity contribution is 4.88. The highest BCUT2D eigenvalue weighted by Gasteiger charge is 2.17. The van der Waals surface area contributed by atoms with Crippen LogP contribution in [0.2, 0.25) is 0 Å². The Kier molecular flexibility index (Phi) is 5.67. The molecule has 1 atom stereocenters. The molecule has 86 valence electrons. The van der Waals surface area contributed by atoms with Gasteiger partial charge in [-0.3, -0.25) is 0 Å². The second-order valence-corrected chi connectivity index (χ2v) is 4.67. The zero-order valence-corrected chi connectivity index (χ0v) is 10.00. The zero-order chi connectivity index (χ0) is 11.1. The Balaban J connectivity index is 2.12. The molecule has 15 heavy (non-hydrogen) atoms. The maximum Gasteiger partial charge on any atom is 0.0962 e. The van der Waals surface area contributed by atoms with Gasteiger partial charge in [-0.25, -0.2) is 0 Å². The highest BCUT2D eigenvalue weighted by atomic mass is 15.1. The minimum atomic E-state index is 0.0102. The van der Waals surface area contributed by atoms with Crippen molar-refractivity contribution in [2.45, 2.75) is 38.1 Å². The normalized spacial score (nSPS) is 19.3. The molecule has 1 unspecified atom stereocenters. The Morgan fingerprint density at radius 2 is 2.13 bits per heavy atom. The fraction of sp³-hybridized carbons (Fsp3) is 0.917. The van der Waals surface area contributed by atoms with Gasteiger partial charge in [0.2, 0.25) is 0 Å². The smallest absolute Gasteiger partial charge is 0.0962 e. The molecule has 0 aromatic heterocycles. The van der Waals surface area contributed by atoms with E-state index < -0.39 is 0 Å². The number of nitriles is 1. The Morgan fingerprint density at radius 3 is 2.67 bits per heavy atom. The summed E-state index contributed by atoms with van der Waals surface area (Å²) in [5.41, 5.74) is 0. The summed E-state index contributed by atoms with van der Waals surface area (Å²) in [6.45, 7) is 2.23. The first-order chi connectivity index (χ1) is 7.26. The Bertz CT molecular complexity index is 203. The molecule has 0 aromatic rings. The van der Waals surface area contributed by atoms with E-state index in [1.165, 1.54) is 32.2 Å². The molecule has 0 spiro atoms. The number of hydrogen-bond acceptors (Lipinski definition) is 3. The van der Waals surface area contributed by atoms with Crippen LogP contribution in [-0.4, -0.2) is 38.1 Å². The molecule has 1 fully saturated rings. The summed E-state index contributed by atoms with van der Waals surface area (Å²) >= 11 is 0. The molecule has 0 aromatic carbocycles. The largest absolute Gasteiger partial charge is 0.306 e. The summed E-state index contributed by atoms with van der Waals surface area (Å²) in [7, 11) is 4.02. The number of nitrogens with zero attached hydrogens (tertiary/aromatic N) is 2. The Hall–Kier alpha value is -0.590. The van der Waals surface area contributed by atoms with Crippen LogP contribution in [-0.2, 0) is 0 Å². The molecule has 1 N–H and O–H groups in total. The Labute approximate surface area is 93.5 Å². The van der Waals surface area contributed by atoms with E-state index in [9.17, 15) is 0 Å². The monoisotopic (exact) mass is 209 g/mol. The molecule has 1 aliphatic rings. The van der Waals surface area contributed by atoms with Crippen molar-refractivity contribution in [1.29, 1.82) is 5.26 Å². The van der Waals surface area contributed by atoms with E-state index in [4.69, 9.17) is 5.26 Å². The van der Waals surface area contributed by atoms with Gasteiger partial charge < -0.3 is 10.2 Å². The lowest BCUT2D eigenvalue weighted by molar-refractivity contribution is 0.270. The van der Waals surface area contributed by atoms with E-state index in [0.29, 0.717) is 0 Å². The minimum absolute atomic E-state index is 0.0102. The molecular weight excluding hydrogens is 186 g/mol. The van der Waals surface area contributed by atoms with Crippen LogP contribution in [0.3, 0.4) is 0 Å². The van der Waals surface area contributed by atoms with Gasteiger partial charge in [0.15, 0.2) is 0 Å². The first-order valence-corrected chi connectivity index (χ1v) is 6.01. The van der Waals surface area contributed by atoms with E-state index in [1.807, 2.05) is 7.05 Å². The van der Waals surface area contributed by atoms with Gasteiger partial charge in [0.1, 0.15) is 0 Å². The van der Waals surface area contributed by atoms with Crippen LogP contribution in [0.25, 0.3) is 0 Å². The van der Waals surface area contributed by atoms with E-state index in [2.05, 4.69) is 23.3 Å². The lowest BCUT2D eigenvalue weighted by Gasteiger charge is -2.21. The first kappa shape index (κ1) is 12.5. The summed E-state index contributed by atoms with van der Waals surface area (Å²) in [6.07, 6.45) is 6.55. The number of rotatable bonds is 6. The first-order valence-electron chi connectivity index (χ1n) is 6.01. The van der Waals surface area contributed by atoms with Gasteiger partial charge in [-0.1, -0.05) is 12.8 Å².